The van der Waals surface area contributed by atoms with E-state index in [1.54, 1.807) is 49.6 Å². The molecule has 114 valence electrons. The van der Waals surface area contributed by atoms with Crippen LogP contribution in [0.2, 0.25) is 0 Å². The van der Waals surface area contributed by atoms with Crippen molar-refractivity contribution in [2.75, 3.05) is 19.5 Å². The molecule has 0 atom stereocenters. The lowest BCUT2D eigenvalue weighted by Gasteiger charge is -2.08. The maximum absolute atomic E-state index is 12.4. The molecule has 5 nitrogen and oxygen atoms in total. The monoisotopic (exact) mass is 317 g/mol. The number of fused-ring (bicyclic) bond motifs is 1. The molecule has 0 amide bonds. The lowest BCUT2D eigenvalue weighted by Crippen LogP contribution is -2.09. The number of rotatable bonds is 4. The van der Waals surface area contributed by atoms with Gasteiger partial charge in [0.25, 0.3) is 0 Å². The van der Waals surface area contributed by atoms with Crippen molar-refractivity contribution in [2.45, 2.75) is 4.90 Å². The van der Waals surface area contributed by atoms with Gasteiger partial charge >= 0.3 is 0 Å². The molecule has 6 heteroatoms. The van der Waals surface area contributed by atoms with Crippen molar-refractivity contribution in [3.63, 3.8) is 0 Å². The average molecular weight is 317 g/mol. The molecule has 0 radical (unpaired) electrons. The first-order valence-electron chi connectivity index (χ1n) is 6.63. The van der Waals surface area contributed by atoms with Gasteiger partial charge in [0, 0.05) is 5.69 Å². The van der Waals surface area contributed by atoms with Crippen molar-refractivity contribution in [3.8, 4) is 11.5 Å². The van der Waals surface area contributed by atoms with Gasteiger partial charge < -0.3 is 15.2 Å². The molecule has 2 aromatic rings. The summed E-state index contributed by atoms with van der Waals surface area (Å²) in [6.07, 6.45) is 1.62. The number of anilines is 1. The molecule has 0 fully saturated rings. The normalized spacial score (nSPS) is 15.0. The molecule has 0 saturated carbocycles. The molecule has 0 aliphatic carbocycles. The quantitative estimate of drug-likeness (QED) is 0.877. The fourth-order valence-corrected chi connectivity index (χ4v) is 3.75. The molecule has 1 heterocycles. The first-order valence-corrected chi connectivity index (χ1v) is 8.11. The number of hydrogen-bond donors (Lipinski definition) is 1. The van der Waals surface area contributed by atoms with E-state index in [1.807, 2.05) is 0 Å². The zero-order valence-electron chi connectivity index (χ0n) is 11.9. The van der Waals surface area contributed by atoms with Crippen molar-refractivity contribution in [2.24, 2.45) is 0 Å². The number of hydrogen-bond acceptors (Lipinski definition) is 5. The molecule has 1 aliphatic rings. The van der Waals surface area contributed by atoms with E-state index in [0.717, 1.165) is 0 Å². The third-order valence-corrected chi connectivity index (χ3v) is 5.29. The zero-order chi connectivity index (χ0) is 15.7. The first kappa shape index (κ1) is 14.5. The molecule has 3 rings (SSSR count). The Labute approximate surface area is 128 Å². The molecule has 0 aromatic heterocycles. The molecule has 2 N–H and O–H groups in total. The summed E-state index contributed by atoms with van der Waals surface area (Å²) < 4.78 is 35.5. The number of nitrogen functional groups attached to an aromatic ring is 1. The van der Waals surface area contributed by atoms with Crippen LogP contribution in [0.4, 0.5) is 5.69 Å². The number of methoxy groups -OCH3 is 1. The zero-order valence-corrected chi connectivity index (χ0v) is 12.8. The second kappa shape index (κ2) is 5.38. The molecule has 0 saturated heterocycles. The third kappa shape index (κ3) is 2.53. The Morgan fingerprint density at radius 3 is 2.41 bits per heavy atom. The van der Waals surface area contributed by atoms with E-state index in [9.17, 15) is 8.42 Å². The minimum Gasteiger partial charge on any atom is -0.497 e. The van der Waals surface area contributed by atoms with Crippen LogP contribution in [0.5, 0.6) is 11.5 Å². The fourth-order valence-electron chi connectivity index (χ4n) is 2.24. The van der Waals surface area contributed by atoms with E-state index in [4.69, 9.17) is 15.2 Å². The molecular weight excluding hydrogens is 302 g/mol. The summed E-state index contributed by atoms with van der Waals surface area (Å²) in [4.78, 5) is 0.463. The summed E-state index contributed by atoms with van der Waals surface area (Å²) in [5.74, 6) is 1.29. The van der Waals surface area contributed by atoms with Gasteiger partial charge in [0.05, 0.1) is 16.9 Å². The van der Waals surface area contributed by atoms with Crippen molar-refractivity contribution >= 4 is 21.6 Å². The number of benzene rings is 2. The first-order chi connectivity index (χ1) is 10.5. The van der Waals surface area contributed by atoms with Gasteiger partial charge in [-0.25, -0.2) is 8.42 Å². The molecular formula is C16H15NO4S. The minimum absolute atomic E-state index is 0.0246. The van der Waals surface area contributed by atoms with E-state index in [2.05, 4.69) is 0 Å². The molecule has 0 bridgehead atoms. The highest BCUT2D eigenvalue weighted by Gasteiger charge is 2.30. The van der Waals surface area contributed by atoms with Gasteiger partial charge in [0.1, 0.15) is 18.1 Å². The highest BCUT2D eigenvalue weighted by atomic mass is 32.2. The standard InChI is InChI=1S/C16H15NO4S/c1-20-13-4-6-14(7-5-13)21-10-15-8-11-2-3-12(17)9-16(11)22(15,18)19/h2-9H,10,17H2,1H3. The van der Waals surface area contributed by atoms with Crippen LogP contribution in [-0.4, -0.2) is 22.1 Å². The Hall–Kier alpha value is -2.47. The Kier molecular flexibility index (Phi) is 3.54. The summed E-state index contributed by atoms with van der Waals surface area (Å²) in [5, 5.41) is 0. The SMILES string of the molecule is COc1ccc(OCC2=Cc3ccc(N)cc3S2(=O)=O)cc1. The smallest absolute Gasteiger partial charge is 0.206 e. The van der Waals surface area contributed by atoms with Crippen LogP contribution in [0.25, 0.3) is 6.08 Å². The summed E-state index contributed by atoms with van der Waals surface area (Å²) in [7, 11) is -1.94. The minimum atomic E-state index is -3.52. The third-order valence-electron chi connectivity index (χ3n) is 3.43. The van der Waals surface area contributed by atoms with Gasteiger partial charge in [0.15, 0.2) is 0 Å². The molecule has 0 spiro atoms. The van der Waals surface area contributed by atoms with E-state index >= 15 is 0 Å². The van der Waals surface area contributed by atoms with Gasteiger partial charge in [-0.2, -0.15) is 0 Å². The Morgan fingerprint density at radius 1 is 1.05 bits per heavy atom. The number of nitrogens with two attached hydrogens (primary N) is 1. The highest BCUT2D eigenvalue weighted by molar-refractivity contribution is 7.95. The van der Waals surface area contributed by atoms with E-state index in [-0.39, 0.29) is 16.4 Å². The maximum Gasteiger partial charge on any atom is 0.206 e. The van der Waals surface area contributed by atoms with Crippen molar-refractivity contribution in [3.05, 3.63) is 52.9 Å². The molecule has 1 aliphatic heterocycles. The Balaban J connectivity index is 1.79. The largest absolute Gasteiger partial charge is 0.497 e. The molecule has 22 heavy (non-hydrogen) atoms. The predicted molar refractivity (Wildman–Crippen MR) is 84.5 cm³/mol. The van der Waals surface area contributed by atoms with E-state index in [1.165, 1.54) is 6.07 Å². The van der Waals surface area contributed by atoms with Crippen LogP contribution in [0.1, 0.15) is 5.56 Å². The van der Waals surface area contributed by atoms with Crippen LogP contribution in [-0.2, 0) is 9.84 Å². The van der Waals surface area contributed by atoms with E-state index in [0.29, 0.717) is 22.7 Å². The number of sulfone groups is 1. The van der Waals surface area contributed by atoms with Gasteiger partial charge in [-0.1, -0.05) is 6.07 Å². The van der Waals surface area contributed by atoms with Gasteiger partial charge in [0.2, 0.25) is 9.84 Å². The summed E-state index contributed by atoms with van der Waals surface area (Å²) in [6.45, 7) is -0.0246. The van der Waals surface area contributed by atoms with Crippen LogP contribution >= 0.6 is 0 Å². The van der Waals surface area contributed by atoms with Crippen LogP contribution in [0.15, 0.2) is 52.3 Å². The van der Waals surface area contributed by atoms with Gasteiger partial charge in [-0.3, -0.25) is 0 Å². The van der Waals surface area contributed by atoms with Crippen LogP contribution < -0.4 is 15.2 Å². The average Bonchev–Trinajstić information content (AvgIpc) is 2.76. The topological polar surface area (TPSA) is 78.6 Å². The lowest BCUT2D eigenvalue weighted by molar-refractivity contribution is 0.357. The predicted octanol–water partition coefficient (Wildman–Crippen LogP) is 2.48. The molecule has 2 aromatic carbocycles. The Morgan fingerprint density at radius 2 is 1.73 bits per heavy atom. The maximum atomic E-state index is 12.4. The number of ether oxygens (including phenoxy) is 2. The summed E-state index contributed by atoms with van der Waals surface area (Å²) in [5.41, 5.74) is 6.72. The van der Waals surface area contributed by atoms with Crippen molar-refractivity contribution in [1.29, 1.82) is 0 Å². The van der Waals surface area contributed by atoms with Gasteiger partial charge in [-0.05, 0) is 48.0 Å². The van der Waals surface area contributed by atoms with E-state index < -0.39 is 9.84 Å². The van der Waals surface area contributed by atoms with Crippen molar-refractivity contribution in [1.82, 2.24) is 0 Å². The highest BCUT2D eigenvalue weighted by Crippen LogP contribution is 2.34. The van der Waals surface area contributed by atoms with Gasteiger partial charge in [-0.15, -0.1) is 0 Å². The lowest BCUT2D eigenvalue weighted by atomic mass is 10.2. The van der Waals surface area contributed by atoms with Crippen LogP contribution in [0.3, 0.4) is 0 Å². The summed E-state index contributed by atoms with van der Waals surface area (Å²) >= 11 is 0. The Bertz CT molecular complexity index is 839. The van der Waals surface area contributed by atoms with Crippen molar-refractivity contribution < 1.29 is 17.9 Å². The summed E-state index contributed by atoms with van der Waals surface area (Å²) in [6, 6.07) is 11.8. The second-order valence-electron chi connectivity index (χ2n) is 4.88. The van der Waals surface area contributed by atoms with Crippen LogP contribution in [0, 0.1) is 0 Å². The molecule has 0 unspecified atom stereocenters. The fraction of sp³-hybridized carbons (Fsp3) is 0.125. The second-order valence-corrected chi connectivity index (χ2v) is 6.85.